The summed E-state index contributed by atoms with van der Waals surface area (Å²) in [5.41, 5.74) is 12.6. The molecule has 1 saturated heterocycles. The highest BCUT2D eigenvalue weighted by Gasteiger charge is 2.26. The zero-order valence-corrected chi connectivity index (χ0v) is 10.8. The number of hydrogen-bond acceptors (Lipinski definition) is 5. The van der Waals surface area contributed by atoms with E-state index in [0.717, 1.165) is 12.1 Å². The molecule has 0 aliphatic carbocycles. The lowest BCUT2D eigenvalue weighted by atomic mass is 10.1. The molecule has 6 heteroatoms. The molecule has 1 aliphatic rings. The molecule has 2 heterocycles. The summed E-state index contributed by atoms with van der Waals surface area (Å²) in [5.74, 6) is 0.245. The van der Waals surface area contributed by atoms with Gasteiger partial charge in [0.25, 0.3) is 5.91 Å². The van der Waals surface area contributed by atoms with Crippen molar-refractivity contribution in [1.29, 1.82) is 0 Å². The van der Waals surface area contributed by atoms with Gasteiger partial charge >= 0.3 is 0 Å². The van der Waals surface area contributed by atoms with E-state index in [1.54, 1.807) is 11.0 Å². The van der Waals surface area contributed by atoms with Crippen LogP contribution in [0.4, 0.5) is 5.95 Å². The van der Waals surface area contributed by atoms with Gasteiger partial charge in [-0.3, -0.25) is 4.79 Å². The van der Waals surface area contributed by atoms with Crippen LogP contribution in [0.2, 0.25) is 0 Å². The largest absolute Gasteiger partial charge is 0.368 e. The zero-order valence-electron chi connectivity index (χ0n) is 10.8. The topological polar surface area (TPSA) is 98.1 Å². The third-order valence-corrected chi connectivity index (χ3v) is 3.09. The smallest absolute Gasteiger partial charge is 0.272 e. The van der Waals surface area contributed by atoms with Crippen molar-refractivity contribution < 1.29 is 4.79 Å². The van der Waals surface area contributed by atoms with Crippen LogP contribution >= 0.6 is 0 Å². The molecule has 0 aromatic carbocycles. The molecule has 4 N–H and O–H groups in total. The molecular weight excluding hydrogens is 230 g/mol. The van der Waals surface area contributed by atoms with Crippen LogP contribution in [0.15, 0.2) is 6.07 Å². The van der Waals surface area contributed by atoms with Gasteiger partial charge in [0.05, 0.1) is 0 Å². The molecule has 18 heavy (non-hydrogen) atoms. The summed E-state index contributed by atoms with van der Waals surface area (Å²) in [5, 5.41) is 0. The summed E-state index contributed by atoms with van der Waals surface area (Å²) in [4.78, 5) is 22.1. The molecule has 0 bridgehead atoms. The number of carbonyl (C=O) groups excluding carboxylic acids is 1. The SMILES string of the molecule is CC(C)c1cc(C(=O)N2CCC(N)C2)nc(N)n1. The van der Waals surface area contributed by atoms with Crippen molar-refractivity contribution in [3.05, 3.63) is 17.5 Å². The second-order valence-corrected chi connectivity index (χ2v) is 4.99. The van der Waals surface area contributed by atoms with Crippen LogP contribution in [0.3, 0.4) is 0 Å². The van der Waals surface area contributed by atoms with Crippen LogP contribution in [0, 0.1) is 0 Å². The Hall–Kier alpha value is -1.69. The fraction of sp³-hybridized carbons (Fsp3) is 0.583. The predicted octanol–water partition coefficient (Wildman–Crippen LogP) is 0.355. The van der Waals surface area contributed by atoms with Gasteiger partial charge in [-0.2, -0.15) is 0 Å². The van der Waals surface area contributed by atoms with Gasteiger partial charge in [0.2, 0.25) is 5.95 Å². The minimum Gasteiger partial charge on any atom is -0.368 e. The summed E-state index contributed by atoms with van der Waals surface area (Å²) >= 11 is 0. The number of rotatable bonds is 2. The summed E-state index contributed by atoms with van der Waals surface area (Å²) in [6.07, 6.45) is 0.837. The van der Waals surface area contributed by atoms with Crippen LogP contribution in [0.5, 0.6) is 0 Å². The minimum atomic E-state index is -0.112. The summed E-state index contributed by atoms with van der Waals surface area (Å²) in [6.45, 7) is 5.27. The van der Waals surface area contributed by atoms with Gasteiger partial charge < -0.3 is 16.4 Å². The van der Waals surface area contributed by atoms with Gasteiger partial charge in [0.15, 0.2) is 0 Å². The average Bonchev–Trinajstić information content (AvgIpc) is 2.74. The first-order chi connectivity index (χ1) is 8.47. The third-order valence-electron chi connectivity index (χ3n) is 3.09. The molecule has 1 amide bonds. The number of hydrogen-bond donors (Lipinski definition) is 2. The maximum absolute atomic E-state index is 12.2. The summed E-state index contributed by atoms with van der Waals surface area (Å²) in [7, 11) is 0. The number of nitrogens with two attached hydrogens (primary N) is 2. The Bertz CT molecular complexity index is 460. The molecule has 0 radical (unpaired) electrons. The second-order valence-electron chi connectivity index (χ2n) is 4.99. The van der Waals surface area contributed by atoms with Gasteiger partial charge in [-0.25, -0.2) is 9.97 Å². The third kappa shape index (κ3) is 2.59. The molecule has 1 unspecified atom stereocenters. The Morgan fingerprint density at radius 3 is 2.78 bits per heavy atom. The number of nitrogen functional groups attached to an aromatic ring is 1. The molecular formula is C12H19N5O. The fourth-order valence-corrected chi connectivity index (χ4v) is 2.02. The van der Waals surface area contributed by atoms with Gasteiger partial charge in [0.1, 0.15) is 5.69 Å². The number of nitrogens with zero attached hydrogens (tertiary/aromatic N) is 3. The molecule has 1 aliphatic heterocycles. The van der Waals surface area contributed by atoms with Crippen LogP contribution in [-0.4, -0.2) is 39.9 Å². The number of likely N-dealkylation sites (tertiary alicyclic amines) is 1. The standard InChI is InChI=1S/C12H19N5O/c1-7(2)9-5-10(16-12(14)15-9)11(18)17-4-3-8(13)6-17/h5,7-8H,3-4,6,13H2,1-2H3,(H2,14,15,16). The minimum absolute atomic E-state index is 0.0673. The quantitative estimate of drug-likeness (QED) is 0.788. The predicted molar refractivity (Wildman–Crippen MR) is 69.0 cm³/mol. The lowest BCUT2D eigenvalue weighted by Crippen LogP contribution is -2.32. The molecule has 6 nitrogen and oxygen atoms in total. The molecule has 1 atom stereocenters. The Balaban J connectivity index is 2.24. The van der Waals surface area contributed by atoms with Gasteiger partial charge in [-0.05, 0) is 18.4 Å². The zero-order chi connectivity index (χ0) is 13.3. The Kier molecular flexibility index (Phi) is 3.47. The van der Waals surface area contributed by atoms with E-state index in [-0.39, 0.29) is 23.8 Å². The van der Waals surface area contributed by atoms with Gasteiger partial charge in [-0.1, -0.05) is 13.8 Å². The van der Waals surface area contributed by atoms with E-state index in [0.29, 0.717) is 18.8 Å². The Morgan fingerprint density at radius 2 is 2.22 bits per heavy atom. The van der Waals surface area contributed by atoms with Crippen molar-refractivity contribution in [1.82, 2.24) is 14.9 Å². The fourth-order valence-electron chi connectivity index (χ4n) is 2.02. The number of aromatic nitrogens is 2. The van der Waals surface area contributed by atoms with Crippen molar-refractivity contribution in [2.24, 2.45) is 5.73 Å². The lowest BCUT2D eigenvalue weighted by Gasteiger charge is -2.16. The second kappa shape index (κ2) is 4.89. The molecule has 0 saturated carbocycles. The molecule has 1 aromatic heterocycles. The molecule has 0 spiro atoms. The lowest BCUT2D eigenvalue weighted by molar-refractivity contribution is 0.0785. The van der Waals surface area contributed by atoms with Crippen molar-refractivity contribution in [2.75, 3.05) is 18.8 Å². The van der Waals surface area contributed by atoms with Crippen molar-refractivity contribution in [2.45, 2.75) is 32.2 Å². The molecule has 1 fully saturated rings. The summed E-state index contributed by atoms with van der Waals surface area (Å²) < 4.78 is 0. The van der Waals surface area contributed by atoms with E-state index in [1.165, 1.54) is 0 Å². The van der Waals surface area contributed by atoms with E-state index in [9.17, 15) is 4.79 Å². The monoisotopic (exact) mass is 249 g/mol. The number of anilines is 1. The van der Waals surface area contributed by atoms with E-state index in [4.69, 9.17) is 11.5 Å². The van der Waals surface area contributed by atoms with Gasteiger partial charge in [0, 0.05) is 24.8 Å². The van der Waals surface area contributed by atoms with E-state index < -0.39 is 0 Å². The average molecular weight is 249 g/mol. The molecule has 2 rings (SSSR count). The van der Waals surface area contributed by atoms with Crippen molar-refractivity contribution in [3.8, 4) is 0 Å². The highest BCUT2D eigenvalue weighted by atomic mass is 16.2. The van der Waals surface area contributed by atoms with Crippen molar-refractivity contribution in [3.63, 3.8) is 0 Å². The normalized spacial score (nSPS) is 19.6. The first-order valence-corrected chi connectivity index (χ1v) is 6.16. The highest BCUT2D eigenvalue weighted by molar-refractivity contribution is 5.92. The first kappa shape index (κ1) is 12.8. The Morgan fingerprint density at radius 1 is 1.50 bits per heavy atom. The van der Waals surface area contributed by atoms with E-state index in [2.05, 4.69) is 9.97 Å². The molecule has 98 valence electrons. The van der Waals surface area contributed by atoms with Gasteiger partial charge in [-0.15, -0.1) is 0 Å². The summed E-state index contributed by atoms with van der Waals surface area (Å²) in [6, 6.07) is 1.78. The van der Waals surface area contributed by atoms with Crippen LogP contribution in [0.25, 0.3) is 0 Å². The Labute approximate surface area is 106 Å². The van der Waals surface area contributed by atoms with Crippen LogP contribution in [0.1, 0.15) is 42.4 Å². The highest BCUT2D eigenvalue weighted by Crippen LogP contribution is 2.16. The van der Waals surface area contributed by atoms with Crippen LogP contribution < -0.4 is 11.5 Å². The van der Waals surface area contributed by atoms with E-state index >= 15 is 0 Å². The van der Waals surface area contributed by atoms with Crippen LogP contribution in [-0.2, 0) is 0 Å². The maximum atomic E-state index is 12.2. The van der Waals surface area contributed by atoms with Crippen molar-refractivity contribution >= 4 is 11.9 Å². The molecule has 1 aromatic rings. The number of amides is 1. The first-order valence-electron chi connectivity index (χ1n) is 6.16. The van der Waals surface area contributed by atoms with E-state index in [1.807, 2.05) is 13.8 Å². The maximum Gasteiger partial charge on any atom is 0.272 e. The number of carbonyl (C=O) groups is 1.